The van der Waals surface area contributed by atoms with Crippen molar-refractivity contribution in [3.63, 3.8) is 0 Å². The second-order valence-corrected chi connectivity index (χ2v) is 5.40. The fraction of sp³-hybridized carbons (Fsp3) is 0.0500. The highest BCUT2D eigenvalue weighted by Gasteiger charge is 2.11. The third-order valence-corrected chi connectivity index (χ3v) is 4.01. The quantitative estimate of drug-likeness (QED) is 0.663. The van der Waals surface area contributed by atoms with Crippen LogP contribution in [0.1, 0.15) is 11.1 Å². The van der Waals surface area contributed by atoms with Gasteiger partial charge in [0.05, 0.1) is 0 Å². The first-order valence-corrected chi connectivity index (χ1v) is 7.44. The molecule has 2 nitrogen and oxygen atoms in total. The fourth-order valence-corrected chi connectivity index (χ4v) is 2.93. The van der Waals surface area contributed by atoms with Crippen LogP contribution >= 0.6 is 0 Å². The van der Waals surface area contributed by atoms with Gasteiger partial charge in [-0.1, -0.05) is 60.7 Å². The predicted octanol–water partition coefficient (Wildman–Crippen LogP) is 4.75. The second kappa shape index (κ2) is 5.49. The normalized spacial score (nSPS) is 13.2. The Labute approximate surface area is 130 Å². The van der Waals surface area contributed by atoms with Crippen molar-refractivity contribution in [2.45, 2.75) is 6.54 Å². The SMILES string of the molecule is C1=CN(Cc2cccc3ccccc23)c2ccccc2C=N1. The van der Waals surface area contributed by atoms with Crippen molar-refractivity contribution in [3.05, 3.63) is 90.3 Å². The zero-order valence-electron chi connectivity index (χ0n) is 12.2. The highest BCUT2D eigenvalue weighted by Crippen LogP contribution is 2.26. The van der Waals surface area contributed by atoms with Gasteiger partial charge in [0.25, 0.3) is 0 Å². The molecule has 1 aliphatic heterocycles. The van der Waals surface area contributed by atoms with Gasteiger partial charge in [-0.15, -0.1) is 0 Å². The summed E-state index contributed by atoms with van der Waals surface area (Å²) in [4.78, 5) is 6.57. The lowest BCUT2D eigenvalue weighted by atomic mass is 10.0. The van der Waals surface area contributed by atoms with Crippen LogP contribution in [-0.2, 0) is 6.54 Å². The first-order chi connectivity index (χ1) is 10.9. The molecule has 0 atom stereocenters. The zero-order valence-corrected chi connectivity index (χ0v) is 12.2. The molecule has 0 bridgehead atoms. The summed E-state index contributed by atoms with van der Waals surface area (Å²) in [5, 5.41) is 2.59. The number of fused-ring (bicyclic) bond motifs is 2. The van der Waals surface area contributed by atoms with Crippen molar-refractivity contribution in [2.24, 2.45) is 4.99 Å². The van der Waals surface area contributed by atoms with Crippen LogP contribution in [0, 0.1) is 0 Å². The van der Waals surface area contributed by atoms with E-state index in [2.05, 4.69) is 70.6 Å². The molecule has 0 saturated heterocycles. The summed E-state index contributed by atoms with van der Waals surface area (Å²) in [7, 11) is 0. The van der Waals surface area contributed by atoms with Crippen LogP contribution in [0.4, 0.5) is 5.69 Å². The number of hydrogen-bond acceptors (Lipinski definition) is 2. The number of benzene rings is 3. The molecule has 4 rings (SSSR count). The van der Waals surface area contributed by atoms with E-state index in [4.69, 9.17) is 0 Å². The Bertz CT molecular complexity index is 872. The van der Waals surface area contributed by atoms with Crippen LogP contribution in [0.15, 0.2) is 84.1 Å². The van der Waals surface area contributed by atoms with Gasteiger partial charge in [-0.25, -0.2) is 0 Å². The van der Waals surface area contributed by atoms with E-state index in [1.165, 1.54) is 22.0 Å². The minimum Gasteiger partial charge on any atom is -0.341 e. The maximum Gasteiger partial charge on any atom is 0.0498 e. The summed E-state index contributed by atoms with van der Waals surface area (Å²) in [5.41, 5.74) is 3.65. The molecule has 0 unspecified atom stereocenters. The van der Waals surface area contributed by atoms with E-state index < -0.39 is 0 Å². The van der Waals surface area contributed by atoms with Gasteiger partial charge in [-0.05, 0) is 22.4 Å². The lowest BCUT2D eigenvalue weighted by Gasteiger charge is -2.22. The molecule has 0 fully saturated rings. The van der Waals surface area contributed by atoms with Crippen LogP contribution in [0.25, 0.3) is 10.8 Å². The molecule has 3 aromatic rings. The van der Waals surface area contributed by atoms with Crippen LogP contribution < -0.4 is 4.90 Å². The Kier molecular flexibility index (Phi) is 3.20. The van der Waals surface area contributed by atoms with E-state index in [-0.39, 0.29) is 0 Å². The van der Waals surface area contributed by atoms with Crippen molar-refractivity contribution < 1.29 is 0 Å². The van der Waals surface area contributed by atoms with Crippen LogP contribution in [0.5, 0.6) is 0 Å². The molecule has 0 N–H and O–H groups in total. The minimum atomic E-state index is 0.832. The fourth-order valence-electron chi connectivity index (χ4n) is 2.93. The van der Waals surface area contributed by atoms with Crippen molar-refractivity contribution >= 4 is 22.7 Å². The van der Waals surface area contributed by atoms with Crippen molar-refractivity contribution in [1.29, 1.82) is 0 Å². The maximum atomic E-state index is 4.32. The highest BCUT2D eigenvalue weighted by molar-refractivity contribution is 5.90. The molecular weight excluding hydrogens is 268 g/mol. The first-order valence-electron chi connectivity index (χ1n) is 7.44. The summed E-state index contributed by atoms with van der Waals surface area (Å²) in [6.45, 7) is 0.832. The third-order valence-electron chi connectivity index (χ3n) is 4.01. The molecule has 3 aromatic carbocycles. The lowest BCUT2D eigenvalue weighted by Crippen LogP contribution is -2.16. The van der Waals surface area contributed by atoms with E-state index >= 15 is 0 Å². The average Bonchev–Trinajstić information content (AvgIpc) is 2.78. The Balaban J connectivity index is 1.77. The number of aliphatic imine (C=N–C) groups is 1. The largest absolute Gasteiger partial charge is 0.341 e. The number of anilines is 1. The second-order valence-electron chi connectivity index (χ2n) is 5.40. The highest BCUT2D eigenvalue weighted by atomic mass is 15.1. The van der Waals surface area contributed by atoms with E-state index in [9.17, 15) is 0 Å². The molecule has 2 heteroatoms. The predicted molar refractivity (Wildman–Crippen MR) is 93.3 cm³/mol. The molecule has 0 aromatic heterocycles. The molecule has 1 aliphatic rings. The average molecular weight is 284 g/mol. The van der Waals surface area contributed by atoms with Gasteiger partial charge < -0.3 is 4.90 Å². The molecule has 22 heavy (non-hydrogen) atoms. The lowest BCUT2D eigenvalue weighted by molar-refractivity contribution is 0.975. The standard InChI is InChI=1S/C20H16N2/c1-3-10-19-16(6-1)8-5-9-18(19)15-22-13-12-21-14-17-7-2-4-11-20(17)22/h1-14H,15H2. The summed E-state index contributed by atoms with van der Waals surface area (Å²) in [6, 6.07) is 23.4. The summed E-state index contributed by atoms with van der Waals surface area (Å²) in [5.74, 6) is 0. The molecule has 106 valence electrons. The Morgan fingerprint density at radius 1 is 0.818 bits per heavy atom. The van der Waals surface area contributed by atoms with Crippen molar-refractivity contribution in [3.8, 4) is 0 Å². The van der Waals surface area contributed by atoms with Crippen LogP contribution in [-0.4, -0.2) is 6.21 Å². The zero-order chi connectivity index (χ0) is 14.8. The molecular formula is C20H16N2. The molecule has 0 amide bonds. The molecule has 1 heterocycles. The summed E-state index contributed by atoms with van der Waals surface area (Å²) in [6.07, 6.45) is 5.81. The Hall–Kier alpha value is -2.87. The molecule has 0 aliphatic carbocycles. The maximum absolute atomic E-state index is 4.32. The van der Waals surface area contributed by atoms with Gasteiger partial charge in [0.15, 0.2) is 0 Å². The topological polar surface area (TPSA) is 15.6 Å². The molecule has 0 spiro atoms. The summed E-state index contributed by atoms with van der Waals surface area (Å²) >= 11 is 0. The third kappa shape index (κ3) is 2.29. The number of rotatable bonds is 2. The summed E-state index contributed by atoms with van der Waals surface area (Å²) < 4.78 is 0. The smallest absolute Gasteiger partial charge is 0.0498 e. The van der Waals surface area contributed by atoms with Gasteiger partial charge in [0, 0.05) is 36.4 Å². The Morgan fingerprint density at radius 3 is 2.64 bits per heavy atom. The van der Waals surface area contributed by atoms with E-state index in [1.54, 1.807) is 0 Å². The minimum absolute atomic E-state index is 0.832. The van der Waals surface area contributed by atoms with Crippen LogP contribution in [0.2, 0.25) is 0 Å². The number of nitrogens with zero attached hydrogens (tertiary/aromatic N) is 2. The van der Waals surface area contributed by atoms with Gasteiger partial charge in [0.1, 0.15) is 0 Å². The Morgan fingerprint density at radius 2 is 1.64 bits per heavy atom. The van der Waals surface area contributed by atoms with Crippen LogP contribution in [0.3, 0.4) is 0 Å². The van der Waals surface area contributed by atoms with Gasteiger partial charge in [-0.2, -0.15) is 0 Å². The van der Waals surface area contributed by atoms with Crippen molar-refractivity contribution in [2.75, 3.05) is 4.90 Å². The molecule has 0 radical (unpaired) electrons. The van der Waals surface area contributed by atoms with E-state index in [1.807, 2.05) is 24.7 Å². The van der Waals surface area contributed by atoms with Gasteiger partial charge >= 0.3 is 0 Å². The van der Waals surface area contributed by atoms with Gasteiger partial charge in [-0.3, -0.25) is 4.99 Å². The van der Waals surface area contributed by atoms with Crippen molar-refractivity contribution in [1.82, 2.24) is 0 Å². The molecule has 0 saturated carbocycles. The number of hydrogen-bond donors (Lipinski definition) is 0. The van der Waals surface area contributed by atoms with E-state index in [0.717, 1.165) is 12.1 Å². The van der Waals surface area contributed by atoms with Gasteiger partial charge in [0.2, 0.25) is 0 Å². The number of para-hydroxylation sites is 1. The first kappa shape index (κ1) is 12.8. The monoisotopic (exact) mass is 284 g/mol. The van der Waals surface area contributed by atoms with E-state index in [0.29, 0.717) is 0 Å².